The Morgan fingerprint density at radius 3 is 2.43 bits per heavy atom. The lowest BCUT2D eigenvalue weighted by molar-refractivity contribution is -0.130. The molecule has 1 aromatic rings. The van der Waals surface area contributed by atoms with Gasteiger partial charge >= 0.3 is 5.97 Å². The first-order chi connectivity index (χ1) is 9.81. The van der Waals surface area contributed by atoms with Crippen molar-refractivity contribution in [3.05, 3.63) is 16.3 Å². The van der Waals surface area contributed by atoms with Crippen LogP contribution in [0.4, 0.5) is 0 Å². The van der Waals surface area contributed by atoms with Crippen molar-refractivity contribution >= 4 is 33.2 Å². The fourth-order valence-corrected chi connectivity index (χ4v) is 3.83. The number of rotatable bonds is 8. The van der Waals surface area contributed by atoms with Gasteiger partial charge in [-0.25, -0.2) is 17.9 Å². The van der Waals surface area contributed by atoms with Crippen molar-refractivity contribution in [2.45, 2.75) is 25.2 Å². The van der Waals surface area contributed by atoms with Crippen molar-refractivity contribution in [2.24, 2.45) is 0 Å². The van der Waals surface area contributed by atoms with Gasteiger partial charge in [-0.1, -0.05) is 0 Å². The van der Waals surface area contributed by atoms with Gasteiger partial charge in [0.05, 0.1) is 4.90 Å². The van der Waals surface area contributed by atoms with Gasteiger partial charge in [-0.15, -0.1) is 11.3 Å². The lowest BCUT2D eigenvalue weighted by Gasteiger charge is -2.18. The summed E-state index contributed by atoms with van der Waals surface area (Å²) in [5, 5.41) is 10.0. The molecule has 1 amide bonds. The molecular weight excluding hydrogens is 316 g/mol. The van der Waals surface area contributed by atoms with Crippen LogP contribution in [0.3, 0.4) is 0 Å². The number of thiophene rings is 1. The van der Waals surface area contributed by atoms with Crippen LogP contribution in [-0.2, 0) is 14.8 Å². The molecule has 21 heavy (non-hydrogen) atoms. The normalized spacial score (nSPS) is 11.3. The second kappa shape index (κ2) is 7.53. The van der Waals surface area contributed by atoms with Crippen LogP contribution in [-0.4, -0.2) is 49.9 Å². The fourth-order valence-electron chi connectivity index (χ4n) is 1.68. The highest BCUT2D eigenvalue weighted by molar-refractivity contribution is 7.89. The molecule has 7 nitrogen and oxygen atoms in total. The number of sulfonamides is 1. The third kappa shape index (κ3) is 4.80. The molecule has 118 valence electrons. The zero-order chi connectivity index (χ0) is 16.0. The second-order valence-electron chi connectivity index (χ2n) is 4.17. The maximum Gasteiger partial charge on any atom is 0.345 e. The highest BCUT2D eigenvalue weighted by Crippen LogP contribution is 2.19. The van der Waals surface area contributed by atoms with E-state index in [9.17, 15) is 18.0 Å². The van der Waals surface area contributed by atoms with Crippen molar-refractivity contribution in [1.29, 1.82) is 0 Å². The van der Waals surface area contributed by atoms with E-state index in [1.54, 1.807) is 4.90 Å². The highest BCUT2D eigenvalue weighted by Gasteiger charge is 2.19. The van der Waals surface area contributed by atoms with E-state index in [0.717, 1.165) is 17.4 Å². The number of nitrogens with one attached hydrogen (secondary N) is 1. The summed E-state index contributed by atoms with van der Waals surface area (Å²) in [4.78, 5) is 23.9. The number of carboxylic acid groups (broad SMARTS) is 1. The van der Waals surface area contributed by atoms with Gasteiger partial charge in [0.25, 0.3) is 0 Å². The van der Waals surface area contributed by atoms with E-state index in [4.69, 9.17) is 5.11 Å². The topological polar surface area (TPSA) is 104 Å². The quantitative estimate of drug-likeness (QED) is 0.737. The molecular formula is C12H18N2O5S2. The summed E-state index contributed by atoms with van der Waals surface area (Å²) in [5.41, 5.74) is 0. The molecule has 0 unspecified atom stereocenters. The Kier molecular flexibility index (Phi) is 6.31. The SMILES string of the molecule is CCN(CC)C(=O)CCNS(=O)(=O)c1csc(C(=O)O)c1. The van der Waals surface area contributed by atoms with Crippen LogP contribution in [0.5, 0.6) is 0 Å². The average Bonchev–Trinajstić information content (AvgIpc) is 2.90. The average molecular weight is 334 g/mol. The molecule has 0 aliphatic heterocycles. The van der Waals surface area contributed by atoms with E-state index in [2.05, 4.69) is 4.72 Å². The summed E-state index contributed by atoms with van der Waals surface area (Å²) in [7, 11) is -3.78. The number of carboxylic acids is 1. The molecule has 0 aromatic carbocycles. The summed E-state index contributed by atoms with van der Waals surface area (Å²) in [6.07, 6.45) is 0.0663. The maximum absolute atomic E-state index is 11.9. The lowest BCUT2D eigenvalue weighted by Crippen LogP contribution is -2.34. The molecule has 2 N–H and O–H groups in total. The van der Waals surface area contributed by atoms with Crippen LogP contribution in [0.25, 0.3) is 0 Å². The van der Waals surface area contributed by atoms with Gasteiger partial charge in [-0.05, 0) is 19.9 Å². The minimum Gasteiger partial charge on any atom is -0.477 e. The van der Waals surface area contributed by atoms with Crippen LogP contribution >= 0.6 is 11.3 Å². The van der Waals surface area contributed by atoms with Crippen molar-refractivity contribution in [1.82, 2.24) is 9.62 Å². The van der Waals surface area contributed by atoms with E-state index >= 15 is 0 Å². The highest BCUT2D eigenvalue weighted by atomic mass is 32.2. The number of carbonyl (C=O) groups excluding carboxylic acids is 1. The summed E-state index contributed by atoms with van der Waals surface area (Å²) >= 11 is 0.843. The lowest BCUT2D eigenvalue weighted by atomic mass is 10.3. The summed E-state index contributed by atoms with van der Waals surface area (Å²) in [6, 6.07) is 1.10. The van der Waals surface area contributed by atoms with E-state index < -0.39 is 16.0 Å². The second-order valence-corrected chi connectivity index (χ2v) is 6.84. The molecule has 0 radical (unpaired) electrons. The largest absolute Gasteiger partial charge is 0.477 e. The van der Waals surface area contributed by atoms with Crippen LogP contribution in [0.1, 0.15) is 29.9 Å². The number of hydrogen-bond donors (Lipinski definition) is 2. The molecule has 0 saturated carbocycles. The Balaban J connectivity index is 2.61. The molecule has 0 aliphatic carbocycles. The van der Waals surface area contributed by atoms with E-state index in [1.165, 1.54) is 5.38 Å². The molecule has 0 saturated heterocycles. The first-order valence-electron chi connectivity index (χ1n) is 6.41. The molecule has 0 aliphatic rings. The number of amides is 1. The molecule has 0 atom stereocenters. The monoisotopic (exact) mass is 334 g/mol. The Morgan fingerprint density at radius 1 is 1.33 bits per heavy atom. The Labute approximate surface area is 127 Å². The molecule has 1 aromatic heterocycles. The van der Waals surface area contributed by atoms with Crippen molar-refractivity contribution in [3.8, 4) is 0 Å². The summed E-state index contributed by atoms with van der Waals surface area (Å²) < 4.78 is 26.2. The Hall–Kier alpha value is -1.45. The van der Waals surface area contributed by atoms with Crippen LogP contribution in [0.2, 0.25) is 0 Å². The van der Waals surface area contributed by atoms with Crippen molar-refractivity contribution in [2.75, 3.05) is 19.6 Å². The number of carbonyl (C=O) groups is 2. The number of aromatic carboxylic acids is 1. The minimum absolute atomic E-state index is 0.0179. The van der Waals surface area contributed by atoms with E-state index in [-0.39, 0.29) is 28.6 Å². The van der Waals surface area contributed by atoms with Gasteiger partial charge in [0.2, 0.25) is 15.9 Å². The smallest absolute Gasteiger partial charge is 0.345 e. The third-order valence-corrected chi connectivity index (χ3v) is 5.35. The van der Waals surface area contributed by atoms with Crippen LogP contribution < -0.4 is 4.72 Å². The maximum atomic E-state index is 11.9. The van der Waals surface area contributed by atoms with Gasteiger partial charge in [-0.3, -0.25) is 4.79 Å². The van der Waals surface area contributed by atoms with E-state index in [0.29, 0.717) is 13.1 Å². The fraction of sp³-hybridized carbons (Fsp3) is 0.500. The summed E-state index contributed by atoms with van der Waals surface area (Å²) in [6.45, 7) is 4.84. The number of hydrogen-bond acceptors (Lipinski definition) is 5. The summed E-state index contributed by atoms with van der Waals surface area (Å²) in [5.74, 6) is -1.29. The van der Waals surface area contributed by atoms with Crippen LogP contribution in [0, 0.1) is 0 Å². The van der Waals surface area contributed by atoms with Gasteiger partial charge < -0.3 is 10.0 Å². The molecule has 9 heteroatoms. The molecule has 1 rings (SSSR count). The number of nitrogens with zero attached hydrogens (tertiary/aromatic N) is 1. The van der Waals surface area contributed by atoms with Crippen molar-refractivity contribution in [3.63, 3.8) is 0 Å². The predicted octanol–water partition coefficient (Wildman–Crippen LogP) is 0.983. The standard InChI is InChI=1S/C12H18N2O5S2/c1-3-14(4-2)11(15)5-6-13-21(18,19)9-7-10(12(16)17)20-8-9/h7-8,13H,3-6H2,1-2H3,(H,16,17). The zero-order valence-corrected chi connectivity index (χ0v) is 13.5. The van der Waals surface area contributed by atoms with Gasteiger partial charge in [0.1, 0.15) is 4.88 Å². The first-order valence-corrected chi connectivity index (χ1v) is 8.77. The minimum atomic E-state index is -3.78. The van der Waals surface area contributed by atoms with E-state index in [1.807, 2.05) is 13.8 Å². The molecule has 0 fully saturated rings. The molecule has 1 heterocycles. The van der Waals surface area contributed by atoms with Gasteiger partial charge in [0, 0.05) is 31.4 Å². The van der Waals surface area contributed by atoms with Gasteiger partial charge in [-0.2, -0.15) is 0 Å². The Bertz CT molecular complexity index is 605. The predicted molar refractivity (Wildman–Crippen MR) is 79.0 cm³/mol. The zero-order valence-electron chi connectivity index (χ0n) is 11.8. The van der Waals surface area contributed by atoms with Crippen LogP contribution in [0.15, 0.2) is 16.3 Å². The third-order valence-electron chi connectivity index (χ3n) is 2.84. The molecule has 0 spiro atoms. The van der Waals surface area contributed by atoms with Crippen molar-refractivity contribution < 1.29 is 23.1 Å². The first kappa shape index (κ1) is 17.6. The molecule has 0 bridgehead atoms. The Morgan fingerprint density at radius 2 is 1.95 bits per heavy atom. The van der Waals surface area contributed by atoms with Gasteiger partial charge in [0.15, 0.2) is 0 Å².